The highest BCUT2D eigenvalue weighted by molar-refractivity contribution is 6.34. The smallest absolute Gasteiger partial charge is 0.229 e. The predicted octanol–water partition coefficient (Wildman–Crippen LogP) is 2.23. The molecule has 2 atom stereocenters. The van der Waals surface area contributed by atoms with Gasteiger partial charge in [-0.15, -0.1) is 0 Å². The zero-order chi connectivity index (χ0) is 14.7. The van der Waals surface area contributed by atoms with Crippen molar-refractivity contribution < 1.29 is 9.59 Å². The molecule has 1 aromatic carbocycles. The first-order chi connectivity index (χ1) is 9.47. The Labute approximate surface area is 123 Å². The van der Waals surface area contributed by atoms with Crippen LogP contribution < -0.4 is 16.0 Å². The molecule has 0 saturated carbocycles. The Morgan fingerprint density at radius 3 is 2.65 bits per heavy atom. The van der Waals surface area contributed by atoms with Gasteiger partial charge in [-0.25, -0.2) is 0 Å². The number of rotatable bonds is 3. The van der Waals surface area contributed by atoms with E-state index >= 15 is 0 Å². The van der Waals surface area contributed by atoms with Crippen molar-refractivity contribution in [1.29, 1.82) is 0 Å². The largest absolute Gasteiger partial charge is 0.326 e. The monoisotopic (exact) mass is 295 g/mol. The van der Waals surface area contributed by atoms with Crippen LogP contribution in [0.1, 0.15) is 20.3 Å². The molecule has 1 aliphatic rings. The Hall–Kier alpha value is -1.59. The molecule has 108 valence electrons. The molecule has 5 nitrogen and oxygen atoms in total. The molecule has 0 aliphatic carbocycles. The lowest BCUT2D eigenvalue weighted by Crippen LogP contribution is -2.32. The predicted molar refractivity (Wildman–Crippen MR) is 80.0 cm³/mol. The third-order valence-electron chi connectivity index (χ3n) is 3.41. The number of carbonyl (C=O) groups is 2. The number of hydrogen-bond acceptors (Lipinski definition) is 3. The zero-order valence-corrected chi connectivity index (χ0v) is 12.3. The summed E-state index contributed by atoms with van der Waals surface area (Å²) in [5.41, 5.74) is 1.17. The highest BCUT2D eigenvalue weighted by Gasteiger charge is 2.29. The summed E-state index contributed by atoms with van der Waals surface area (Å²) >= 11 is 6.07. The summed E-state index contributed by atoms with van der Waals surface area (Å²) in [7, 11) is 0. The first kappa shape index (κ1) is 14.8. The zero-order valence-electron chi connectivity index (χ0n) is 11.5. The molecule has 2 amide bonds. The number of amides is 2. The maximum Gasteiger partial charge on any atom is 0.229 e. The molecule has 0 radical (unpaired) electrons. The van der Waals surface area contributed by atoms with Gasteiger partial charge in [0.1, 0.15) is 0 Å². The lowest BCUT2D eigenvalue weighted by molar-refractivity contribution is -0.120. The summed E-state index contributed by atoms with van der Waals surface area (Å²) < 4.78 is 0. The second-order valence-electron chi connectivity index (χ2n) is 5.00. The summed E-state index contributed by atoms with van der Waals surface area (Å²) in [6.45, 7) is 4.28. The second kappa shape index (κ2) is 6.24. The van der Waals surface area contributed by atoms with Crippen molar-refractivity contribution in [3.05, 3.63) is 23.2 Å². The lowest BCUT2D eigenvalue weighted by Gasteiger charge is -2.15. The average Bonchev–Trinajstić information content (AvgIpc) is 2.78. The highest BCUT2D eigenvalue weighted by atomic mass is 35.5. The fourth-order valence-corrected chi connectivity index (χ4v) is 2.56. The lowest BCUT2D eigenvalue weighted by atomic mass is 10.0. The molecule has 0 bridgehead atoms. The van der Waals surface area contributed by atoms with Crippen LogP contribution in [0, 0.1) is 5.92 Å². The van der Waals surface area contributed by atoms with Gasteiger partial charge < -0.3 is 16.0 Å². The van der Waals surface area contributed by atoms with Crippen LogP contribution in [0.3, 0.4) is 0 Å². The average molecular weight is 296 g/mol. The summed E-state index contributed by atoms with van der Waals surface area (Å²) in [4.78, 5) is 23.1. The van der Waals surface area contributed by atoms with E-state index in [1.54, 1.807) is 18.2 Å². The minimum atomic E-state index is -0.186. The Bertz CT molecular complexity index is 533. The molecule has 2 rings (SSSR count). The van der Waals surface area contributed by atoms with Gasteiger partial charge in [0.05, 0.1) is 16.6 Å². The number of benzene rings is 1. The summed E-state index contributed by atoms with van der Waals surface area (Å²) in [6, 6.07) is 5.22. The molecule has 20 heavy (non-hydrogen) atoms. The van der Waals surface area contributed by atoms with Crippen molar-refractivity contribution in [3.8, 4) is 0 Å². The molecule has 2 unspecified atom stereocenters. The van der Waals surface area contributed by atoms with Gasteiger partial charge in [-0.2, -0.15) is 0 Å². The Balaban J connectivity index is 2.04. The molecule has 3 N–H and O–H groups in total. The van der Waals surface area contributed by atoms with Crippen LogP contribution >= 0.6 is 11.6 Å². The van der Waals surface area contributed by atoms with Gasteiger partial charge in [0.25, 0.3) is 0 Å². The molecular formula is C14H18ClN3O2. The van der Waals surface area contributed by atoms with E-state index in [-0.39, 0.29) is 23.8 Å². The first-order valence-electron chi connectivity index (χ1n) is 6.59. The number of nitrogens with one attached hydrogen (secondary N) is 3. The van der Waals surface area contributed by atoms with Crippen LogP contribution in [0.4, 0.5) is 11.4 Å². The fourth-order valence-electron chi connectivity index (χ4n) is 2.34. The standard InChI is InChI=1S/C14H18ClN3O2/c1-8-11(5-6-16-8)14(20)18-10-3-4-13(12(15)7-10)17-9(2)19/h3-4,7-8,11,16H,5-6H2,1-2H3,(H,17,19)(H,18,20). The molecule has 1 fully saturated rings. The van der Waals surface area contributed by atoms with Crippen LogP contribution in [-0.4, -0.2) is 24.4 Å². The third-order valence-corrected chi connectivity index (χ3v) is 3.72. The van der Waals surface area contributed by atoms with E-state index in [4.69, 9.17) is 11.6 Å². The second-order valence-corrected chi connectivity index (χ2v) is 5.41. The van der Waals surface area contributed by atoms with Gasteiger partial charge in [0, 0.05) is 18.7 Å². The van der Waals surface area contributed by atoms with E-state index in [0.29, 0.717) is 16.4 Å². The first-order valence-corrected chi connectivity index (χ1v) is 6.96. The van der Waals surface area contributed by atoms with E-state index in [9.17, 15) is 9.59 Å². The van der Waals surface area contributed by atoms with Crippen LogP contribution in [0.25, 0.3) is 0 Å². The van der Waals surface area contributed by atoms with Crippen molar-refractivity contribution in [2.24, 2.45) is 5.92 Å². The number of anilines is 2. The van der Waals surface area contributed by atoms with Gasteiger partial charge in [-0.1, -0.05) is 11.6 Å². The minimum Gasteiger partial charge on any atom is -0.326 e. The summed E-state index contributed by atoms with van der Waals surface area (Å²) in [5, 5.41) is 9.12. The van der Waals surface area contributed by atoms with E-state index < -0.39 is 0 Å². The van der Waals surface area contributed by atoms with Crippen molar-refractivity contribution in [2.75, 3.05) is 17.2 Å². The van der Waals surface area contributed by atoms with Crippen LogP contribution in [0.15, 0.2) is 18.2 Å². The Morgan fingerprint density at radius 1 is 1.35 bits per heavy atom. The van der Waals surface area contributed by atoms with Crippen molar-refractivity contribution in [3.63, 3.8) is 0 Å². The van der Waals surface area contributed by atoms with Gasteiger partial charge >= 0.3 is 0 Å². The normalized spacial score (nSPS) is 21.6. The minimum absolute atomic E-state index is 0.00848. The molecule has 0 spiro atoms. The summed E-state index contributed by atoms with van der Waals surface area (Å²) in [5.74, 6) is -0.218. The molecule has 1 aromatic rings. The SMILES string of the molecule is CC(=O)Nc1ccc(NC(=O)C2CCNC2C)cc1Cl. The van der Waals surface area contributed by atoms with E-state index in [2.05, 4.69) is 16.0 Å². The van der Waals surface area contributed by atoms with Gasteiger partial charge in [-0.3, -0.25) is 9.59 Å². The third kappa shape index (κ3) is 3.49. The van der Waals surface area contributed by atoms with E-state index in [1.165, 1.54) is 6.92 Å². The molecule has 6 heteroatoms. The van der Waals surface area contributed by atoms with Gasteiger partial charge in [-0.05, 0) is 38.1 Å². The maximum absolute atomic E-state index is 12.1. The van der Waals surface area contributed by atoms with E-state index in [1.807, 2.05) is 6.92 Å². The number of carbonyl (C=O) groups excluding carboxylic acids is 2. The van der Waals surface area contributed by atoms with Crippen molar-refractivity contribution in [2.45, 2.75) is 26.3 Å². The van der Waals surface area contributed by atoms with Crippen LogP contribution in [0.5, 0.6) is 0 Å². The fraction of sp³-hybridized carbons (Fsp3) is 0.429. The molecule has 0 aromatic heterocycles. The van der Waals surface area contributed by atoms with Crippen molar-refractivity contribution >= 4 is 34.8 Å². The maximum atomic E-state index is 12.1. The van der Waals surface area contributed by atoms with Gasteiger partial charge in [0.2, 0.25) is 11.8 Å². The number of hydrogen-bond donors (Lipinski definition) is 3. The molecule has 1 aliphatic heterocycles. The highest BCUT2D eigenvalue weighted by Crippen LogP contribution is 2.26. The Morgan fingerprint density at radius 2 is 2.10 bits per heavy atom. The van der Waals surface area contributed by atoms with Crippen LogP contribution in [0.2, 0.25) is 5.02 Å². The topological polar surface area (TPSA) is 70.2 Å². The molecular weight excluding hydrogens is 278 g/mol. The summed E-state index contributed by atoms with van der Waals surface area (Å²) in [6.07, 6.45) is 0.838. The quantitative estimate of drug-likeness (QED) is 0.801. The van der Waals surface area contributed by atoms with E-state index in [0.717, 1.165) is 13.0 Å². The van der Waals surface area contributed by atoms with Gasteiger partial charge in [0.15, 0.2) is 0 Å². The Kier molecular flexibility index (Phi) is 4.62. The molecule has 1 saturated heterocycles. The number of halogens is 1. The molecule has 1 heterocycles. The van der Waals surface area contributed by atoms with Crippen LogP contribution in [-0.2, 0) is 9.59 Å². The van der Waals surface area contributed by atoms with Crippen molar-refractivity contribution in [1.82, 2.24) is 5.32 Å².